The molecular formula is C15H25NO. The van der Waals surface area contributed by atoms with E-state index in [4.69, 9.17) is 5.73 Å². The number of hydrogen-bond donors (Lipinski definition) is 2. The third-order valence-corrected chi connectivity index (χ3v) is 3.09. The predicted molar refractivity (Wildman–Crippen MR) is 72.8 cm³/mol. The zero-order chi connectivity index (χ0) is 12.7. The van der Waals surface area contributed by atoms with Gasteiger partial charge in [0.05, 0.1) is 6.10 Å². The van der Waals surface area contributed by atoms with Gasteiger partial charge in [0.2, 0.25) is 0 Å². The Labute approximate surface area is 105 Å². The second-order valence-electron chi connectivity index (χ2n) is 5.25. The van der Waals surface area contributed by atoms with Crippen LogP contribution in [0.5, 0.6) is 0 Å². The van der Waals surface area contributed by atoms with Crippen LogP contribution in [0.4, 0.5) is 0 Å². The number of benzene rings is 1. The van der Waals surface area contributed by atoms with Crippen molar-refractivity contribution in [3.63, 3.8) is 0 Å². The highest BCUT2D eigenvalue weighted by molar-refractivity contribution is 5.16. The van der Waals surface area contributed by atoms with E-state index in [2.05, 4.69) is 26.0 Å². The molecule has 2 heteroatoms. The first-order valence-electron chi connectivity index (χ1n) is 6.57. The third kappa shape index (κ3) is 5.85. The molecule has 0 saturated heterocycles. The second kappa shape index (κ2) is 7.46. The van der Waals surface area contributed by atoms with Gasteiger partial charge in [0.25, 0.3) is 0 Å². The van der Waals surface area contributed by atoms with E-state index in [-0.39, 0.29) is 12.1 Å². The van der Waals surface area contributed by atoms with Crippen molar-refractivity contribution in [2.45, 2.75) is 51.7 Å². The predicted octanol–water partition coefficient (Wildman–Crippen LogP) is 2.74. The van der Waals surface area contributed by atoms with Crippen LogP contribution in [0.2, 0.25) is 0 Å². The molecule has 0 spiro atoms. The lowest BCUT2D eigenvalue weighted by atomic mass is 9.97. The van der Waals surface area contributed by atoms with Gasteiger partial charge in [-0.2, -0.15) is 0 Å². The summed E-state index contributed by atoms with van der Waals surface area (Å²) in [6.07, 6.45) is 3.40. The summed E-state index contributed by atoms with van der Waals surface area (Å²) in [4.78, 5) is 0. The molecule has 0 amide bonds. The van der Waals surface area contributed by atoms with E-state index in [9.17, 15) is 5.11 Å². The molecule has 0 bridgehead atoms. The van der Waals surface area contributed by atoms with Crippen molar-refractivity contribution in [1.82, 2.24) is 0 Å². The van der Waals surface area contributed by atoms with Crippen LogP contribution in [0, 0.1) is 5.92 Å². The van der Waals surface area contributed by atoms with Crippen molar-refractivity contribution >= 4 is 0 Å². The highest BCUT2D eigenvalue weighted by atomic mass is 16.3. The van der Waals surface area contributed by atoms with Crippen molar-refractivity contribution in [1.29, 1.82) is 0 Å². The van der Waals surface area contributed by atoms with Crippen molar-refractivity contribution < 1.29 is 5.11 Å². The molecule has 0 aliphatic carbocycles. The number of hydrogen-bond acceptors (Lipinski definition) is 2. The van der Waals surface area contributed by atoms with Crippen LogP contribution < -0.4 is 5.73 Å². The molecule has 96 valence electrons. The Morgan fingerprint density at radius 1 is 1.12 bits per heavy atom. The Morgan fingerprint density at radius 3 is 2.35 bits per heavy atom. The average molecular weight is 235 g/mol. The van der Waals surface area contributed by atoms with Gasteiger partial charge >= 0.3 is 0 Å². The van der Waals surface area contributed by atoms with Crippen molar-refractivity contribution in [3.05, 3.63) is 35.9 Å². The SMILES string of the molecule is CC(C)CCC[C@@H](O)[C@@H](N)Cc1ccccc1. The molecule has 0 fully saturated rings. The Bertz CT molecular complexity index is 297. The van der Waals surface area contributed by atoms with Gasteiger partial charge in [-0.3, -0.25) is 0 Å². The summed E-state index contributed by atoms with van der Waals surface area (Å²) >= 11 is 0. The Hall–Kier alpha value is -0.860. The van der Waals surface area contributed by atoms with Crippen LogP contribution in [0.25, 0.3) is 0 Å². The largest absolute Gasteiger partial charge is 0.392 e. The summed E-state index contributed by atoms with van der Waals surface area (Å²) in [7, 11) is 0. The molecule has 0 unspecified atom stereocenters. The van der Waals surface area contributed by atoms with E-state index in [0.717, 1.165) is 25.7 Å². The lowest BCUT2D eigenvalue weighted by Gasteiger charge is -2.19. The van der Waals surface area contributed by atoms with E-state index >= 15 is 0 Å². The Kier molecular flexibility index (Phi) is 6.23. The summed E-state index contributed by atoms with van der Waals surface area (Å²) in [6, 6.07) is 9.97. The van der Waals surface area contributed by atoms with Crippen LogP contribution in [0.15, 0.2) is 30.3 Å². The number of rotatable bonds is 7. The molecule has 2 nitrogen and oxygen atoms in total. The van der Waals surface area contributed by atoms with Crippen molar-refractivity contribution in [2.75, 3.05) is 0 Å². The molecule has 0 aliphatic heterocycles. The molecule has 3 N–H and O–H groups in total. The third-order valence-electron chi connectivity index (χ3n) is 3.09. The van der Waals surface area contributed by atoms with Crippen LogP contribution in [-0.2, 0) is 6.42 Å². The van der Waals surface area contributed by atoms with Gasteiger partial charge in [-0.25, -0.2) is 0 Å². The van der Waals surface area contributed by atoms with Gasteiger partial charge in [-0.1, -0.05) is 57.0 Å². The first kappa shape index (κ1) is 14.2. The number of aliphatic hydroxyl groups is 1. The molecular weight excluding hydrogens is 210 g/mol. The molecule has 0 aromatic heterocycles. The minimum atomic E-state index is -0.381. The molecule has 1 rings (SSSR count). The first-order chi connectivity index (χ1) is 8.09. The minimum Gasteiger partial charge on any atom is -0.392 e. The summed E-state index contributed by atoms with van der Waals surface area (Å²) < 4.78 is 0. The summed E-state index contributed by atoms with van der Waals surface area (Å²) in [5.74, 6) is 0.701. The average Bonchev–Trinajstić information content (AvgIpc) is 2.29. The van der Waals surface area contributed by atoms with Crippen molar-refractivity contribution in [2.24, 2.45) is 11.7 Å². The summed E-state index contributed by atoms with van der Waals surface area (Å²) in [5.41, 5.74) is 7.21. The number of nitrogens with two attached hydrogens (primary N) is 1. The molecule has 0 heterocycles. The molecule has 0 saturated carbocycles. The van der Waals surface area contributed by atoms with E-state index in [1.165, 1.54) is 5.56 Å². The zero-order valence-corrected chi connectivity index (χ0v) is 11.0. The molecule has 17 heavy (non-hydrogen) atoms. The van der Waals surface area contributed by atoms with E-state index < -0.39 is 0 Å². The monoisotopic (exact) mass is 235 g/mol. The molecule has 2 atom stereocenters. The first-order valence-corrected chi connectivity index (χ1v) is 6.57. The van der Waals surface area contributed by atoms with E-state index in [1.54, 1.807) is 0 Å². The smallest absolute Gasteiger partial charge is 0.0694 e. The fourth-order valence-electron chi connectivity index (χ4n) is 1.97. The standard InChI is InChI=1S/C15H25NO/c1-12(2)7-6-10-15(17)14(16)11-13-8-4-3-5-9-13/h3-5,8-9,12,14-15,17H,6-7,10-11,16H2,1-2H3/t14-,15+/m0/s1. The fraction of sp³-hybridized carbons (Fsp3) is 0.600. The maximum absolute atomic E-state index is 9.97. The molecule has 1 aromatic carbocycles. The van der Waals surface area contributed by atoms with Gasteiger partial charge in [0, 0.05) is 6.04 Å². The van der Waals surface area contributed by atoms with Gasteiger partial charge in [0.1, 0.15) is 0 Å². The van der Waals surface area contributed by atoms with E-state index in [1.807, 2.05) is 18.2 Å². The normalized spacial score (nSPS) is 14.9. The van der Waals surface area contributed by atoms with Crippen LogP contribution in [0.3, 0.4) is 0 Å². The lowest BCUT2D eigenvalue weighted by Crippen LogP contribution is -2.36. The van der Waals surface area contributed by atoms with Crippen LogP contribution >= 0.6 is 0 Å². The zero-order valence-electron chi connectivity index (χ0n) is 11.0. The topological polar surface area (TPSA) is 46.2 Å². The molecule has 1 aromatic rings. The van der Waals surface area contributed by atoms with Gasteiger partial charge < -0.3 is 10.8 Å². The van der Waals surface area contributed by atoms with Crippen molar-refractivity contribution in [3.8, 4) is 0 Å². The number of aliphatic hydroxyl groups excluding tert-OH is 1. The molecule has 0 aliphatic rings. The maximum atomic E-state index is 9.97. The Balaban J connectivity index is 2.29. The maximum Gasteiger partial charge on any atom is 0.0694 e. The minimum absolute atomic E-state index is 0.149. The highest BCUT2D eigenvalue weighted by Gasteiger charge is 2.14. The van der Waals surface area contributed by atoms with Crippen LogP contribution in [-0.4, -0.2) is 17.3 Å². The van der Waals surface area contributed by atoms with Gasteiger partial charge in [0.15, 0.2) is 0 Å². The quantitative estimate of drug-likeness (QED) is 0.763. The lowest BCUT2D eigenvalue weighted by molar-refractivity contribution is 0.130. The Morgan fingerprint density at radius 2 is 1.76 bits per heavy atom. The van der Waals surface area contributed by atoms with Crippen LogP contribution in [0.1, 0.15) is 38.7 Å². The molecule has 0 radical (unpaired) electrons. The van der Waals surface area contributed by atoms with Gasteiger partial charge in [-0.05, 0) is 24.3 Å². The van der Waals surface area contributed by atoms with E-state index in [0.29, 0.717) is 5.92 Å². The highest BCUT2D eigenvalue weighted by Crippen LogP contribution is 2.12. The summed E-state index contributed by atoms with van der Waals surface area (Å²) in [5, 5.41) is 9.97. The summed E-state index contributed by atoms with van der Waals surface area (Å²) in [6.45, 7) is 4.41. The second-order valence-corrected chi connectivity index (χ2v) is 5.25. The fourth-order valence-corrected chi connectivity index (χ4v) is 1.97. The van der Waals surface area contributed by atoms with Gasteiger partial charge in [-0.15, -0.1) is 0 Å².